The molecule has 5 nitrogen and oxygen atoms in total. The largest absolute Gasteiger partial charge is 0.356 e. The van der Waals surface area contributed by atoms with E-state index in [1.165, 1.54) is 0 Å². The molecule has 0 fully saturated rings. The highest BCUT2D eigenvalue weighted by Crippen LogP contribution is 1.99. The van der Waals surface area contributed by atoms with Crippen molar-refractivity contribution >= 4 is 5.91 Å². The number of nitrogens with one attached hydrogen (secondary N) is 3. The van der Waals surface area contributed by atoms with Gasteiger partial charge >= 0.3 is 0 Å². The van der Waals surface area contributed by atoms with E-state index < -0.39 is 0 Å². The number of carbonyl (C=O) groups is 1. The molecule has 1 amide bonds. The first kappa shape index (κ1) is 16.4. The Labute approximate surface area is 105 Å². The summed E-state index contributed by atoms with van der Waals surface area (Å²) in [5.41, 5.74) is 2.62. The monoisotopic (exact) mass is 244 g/mol. The van der Waals surface area contributed by atoms with Crippen molar-refractivity contribution in [2.75, 3.05) is 26.7 Å². The molecule has 0 aliphatic rings. The van der Waals surface area contributed by atoms with E-state index >= 15 is 0 Å². The lowest BCUT2D eigenvalue weighted by Crippen LogP contribution is -2.25. The minimum absolute atomic E-state index is 0.186. The summed E-state index contributed by atoms with van der Waals surface area (Å²) in [6.07, 6.45) is 7.13. The number of hydrogen-bond acceptors (Lipinski definition) is 4. The number of hydrogen-bond donors (Lipinski definition) is 4. The fourth-order valence-corrected chi connectivity index (χ4v) is 1.61. The predicted molar refractivity (Wildman–Crippen MR) is 71.4 cm³/mol. The summed E-state index contributed by atoms with van der Waals surface area (Å²) in [4.78, 5) is 11.4. The van der Waals surface area contributed by atoms with Gasteiger partial charge in [-0.15, -0.1) is 0 Å². The topological polar surface area (TPSA) is 79.2 Å². The number of hydrazine groups is 1. The number of rotatable bonds is 12. The van der Waals surface area contributed by atoms with Gasteiger partial charge in [0, 0.05) is 19.5 Å². The van der Waals surface area contributed by atoms with Gasteiger partial charge in [0.1, 0.15) is 0 Å². The van der Waals surface area contributed by atoms with Gasteiger partial charge in [-0.25, -0.2) is 0 Å². The molecular weight excluding hydrogens is 216 g/mol. The third kappa shape index (κ3) is 13.3. The van der Waals surface area contributed by atoms with E-state index in [1.807, 2.05) is 7.05 Å². The van der Waals surface area contributed by atoms with Crippen LogP contribution in [0.2, 0.25) is 0 Å². The van der Waals surface area contributed by atoms with Crippen LogP contribution >= 0.6 is 0 Å². The Hall–Kier alpha value is -0.650. The summed E-state index contributed by atoms with van der Waals surface area (Å²) in [5.74, 6) is 5.34. The summed E-state index contributed by atoms with van der Waals surface area (Å²) < 4.78 is 0. The van der Waals surface area contributed by atoms with Crippen molar-refractivity contribution < 1.29 is 4.79 Å². The number of unbranched alkanes of at least 4 members (excludes halogenated alkanes) is 4. The van der Waals surface area contributed by atoms with E-state index in [1.54, 1.807) is 0 Å². The maximum atomic E-state index is 11.4. The molecule has 0 heterocycles. The Balaban J connectivity index is 3.12. The van der Waals surface area contributed by atoms with Gasteiger partial charge in [-0.3, -0.25) is 16.1 Å². The van der Waals surface area contributed by atoms with Crippen LogP contribution in [0.4, 0.5) is 0 Å². The van der Waals surface area contributed by atoms with E-state index in [-0.39, 0.29) is 5.91 Å². The van der Waals surface area contributed by atoms with Crippen molar-refractivity contribution in [2.24, 2.45) is 5.84 Å². The minimum atomic E-state index is 0.186. The molecule has 17 heavy (non-hydrogen) atoms. The minimum Gasteiger partial charge on any atom is -0.356 e. The van der Waals surface area contributed by atoms with E-state index in [0.29, 0.717) is 6.42 Å². The molecule has 0 saturated carbocycles. The highest BCUT2D eigenvalue weighted by Gasteiger charge is 1.99. The van der Waals surface area contributed by atoms with Crippen molar-refractivity contribution in [2.45, 2.75) is 44.9 Å². The summed E-state index contributed by atoms with van der Waals surface area (Å²) in [7, 11) is 1.95. The zero-order chi connectivity index (χ0) is 12.8. The van der Waals surface area contributed by atoms with Crippen molar-refractivity contribution in [1.29, 1.82) is 0 Å². The molecule has 0 aliphatic carbocycles. The lowest BCUT2D eigenvalue weighted by molar-refractivity contribution is -0.121. The Bertz CT molecular complexity index is 176. The van der Waals surface area contributed by atoms with Crippen LogP contribution in [0.3, 0.4) is 0 Å². The molecule has 0 aromatic carbocycles. The van der Waals surface area contributed by atoms with Gasteiger partial charge < -0.3 is 10.6 Å². The quantitative estimate of drug-likeness (QED) is 0.229. The van der Waals surface area contributed by atoms with Gasteiger partial charge in [-0.05, 0) is 39.3 Å². The first-order chi connectivity index (χ1) is 8.31. The lowest BCUT2D eigenvalue weighted by atomic mass is 10.2. The van der Waals surface area contributed by atoms with E-state index in [9.17, 15) is 4.79 Å². The van der Waals surface area contributed by atoms with Gasteiger partial charge in [0.05, 0.1) is 0 Å². The smallest absolute Gasteiger partial charge is 0.219 e. The molecule has 0 unspecified atom stereocenters. The number of amides is 1. The van der Waals surface area contributed by atoms with Gasteiger partial charge in [-0.1, -0.05) is 12.8 Å². The average Bonchev–Trinajstić information content (AvgIpc) is 2.33. The van der Waals surface area contributed by atoms with Gasteiger partial charge in [0.2, 0.25) is 5.91 Å². The first-order valence-corrected chi connectivity index (χ1v) is 6.66. The Morgan fingerprint density at radius 3 is 2.29 bits per heavy atom. The van der Waals surface area contributed by atoms with Crippen molar-refractivity contribution in [3.8, 4) is 0 Å². The second kappa shape index (κ2) is 13.4. The predicted octanol–water partition coefficient (Wildman–Crippen LogP) is 0.516. The molecule has 0 rings (SSSR count). The number of nitrogens with two attached hydrogens (primary N) is 1. The van der Waals surface area contributed by atoms with Crippen molar-refractivity contribution in [3.05, 3.63) is 0 Å². The van der Waals surface area contributed by atoms with Crippen LogP contribution in [-0.4, -0.2) is 32.6 Å². The number of carbonyl (C=O) groups excluding carboxylic acids is 1. The van der Waals surface area contributed by atoms with Crippen molar-refractivity contribution in [3.63, 3.8) is 0 Å². The van der Waals surface area contributed by atoms with Crippen molar-refractivity contribution in [1.82, 2.24) is 16.1 Å². The van der Waals surface area contributed by atoms with E-state index in [0.717, 1.165) is 58.2 Å². The Morgan fingerprint density at radius 1 is 0.941 bits per heavy atom. The molecule has 0 aromatic heterocycles. The summed E-state index contributed by atoms with van der Waals surface area (Å²) in [6.45, 7) is 2.68. The maximum absolute atomic E-state index is 11.4. The normalized spacial score (nSPS) is 10.5. The molecule has 5 heteroatoms. The molecule has 102 valence electrons. The zero-order valence-electron chi connectivity index (χ0n) is 11.1. The van der Waals surface area contributed by atoms with Crippen LogP contribution in [0.25, 0.3) is 0 Å². The SMILES string of the molecule is CNCCCCCC(=O)NCCCCCNN. The fourth-order valence-electron chi connectivity index (χ4n) is 1.61. The molecule has 0 radical (unpaired) electrons. The van der Waals surface area contributed by atoms with Crippen LogP contribution in [0.15, 0.2) is 0 Å². The van der Waals surface area contributed by atoms with Crippen LogP contribution in [0.1, 0.15) is 44.9 Å². The summed E-state index contributed by atoms with van der Waals surface area (Å²) >= 11 is 0. The third-order valence-electron chi connectivity index (χ3n) is 2.65. The van der Waals surface area contributed by atoms with E-state index in [4.69, 9.17) is 5.84 Å². The third-order valence-corrected chi connectivity index (χ3v) is 2.65. The molecule has 0 aromatic rings. The van der Waals surface area contributed by atoms with Crippen LogP contribution < -0.4 is 21.9 Å². The summed E-state index contributed by atoms with van der Waals surface area (Å²) in [5, 5.41) is 6.04. The van der Waals surface area contributed by atoms with Crippen LogP contribution in [0.5, 0.6) is 0 Å². The molecule has 0 atom stereocenters. The maximum Gasteiger partial charge on any atom is 0.219 e. The average molecular weight is 244 g/mol. The lowest BCUT2D eigenvalue weighted by Gasteiger charge is -2.05. The van der Waals surface area contributed by atoms with Gasteiger partial charge in [0.15, 0.2) is 0 Å². The Morgan fingerprint density at radius 2 is 1.59 bits per heavy atom. The van der Waals surface area contributed by atoms with Gasteiger partial charge in [-0.2, -0.15) is 0 Å². The first-order valence-electron chi connectivity index (χ1n) is 6.66. The second-order valence-electron chi connectivity index (χ2n) is 4.28. The van der Waals surface area contributed by atoms with Crippen LogP contribution in [-0.2, 0) is 4.79 Å². The standard InChI is InChI=1S/C12H28N4O/c1-14-9-5-2-4-8-12(17)15-10-6-3-7-11-16-13/h14,16H,2-11,13H2,1H3,(H,15,17). The zero-order valence-corrected chi connectivity index (χ0v) is 11.1. The summed E-state index contributed by atoms with van der Waals surface area (Å²) in [6, 6.07) is 0. The van der Waals surface area contributed by atoms with Gasteiger partial charge in [0.25, 0.3) is 0 Å². The fraction of sp³-hybridized carbons (Fsp3) is 0.917. The molecule has 0 aliphatic heterocycles. The highest BCUT2D eigenvalue weighted by molar-refractivity contribution is 5.75. The van der Waals surface area contributed by atoms with E-state index in [2.05, 4.69) is 16.1 Å². The highest BCUT2D eigenvalue weighted by atomic mass is 16.1. The second-order valence-corrected chi connectivity index (χ2v) is 4.28. The molecule has 0 saturated heterocycles. The Kier molecular flexibility index (Phi) is 12.9. The molecular formula is C12H28N4O. The van der Waals surface area contributed by atoms with Crippen LogP contribution in [0, 0.1) is 0 Å². The molecule has 0 spiro atoms. The molecule has 0 bridgehead atoms. The molecule has 5 N–H and O–H groups in total.